The third-order valence-corrected chi connectivity index (χ3v) is 3.05. The fraction of sp³-hybridized carbons (Fsp3) is 0.0833. The second kappa shape index (κ2) is 5.49. The van der Waals surface area contributed by atoms with Gasteiger partial charge in [-0.2, -0.15) is 18.2 Å². The summed E-state index contributed by atoms with van der Waals surface area (Å²) >= 11 is 9.12. The van der Waals surface area contributed by atoms with Crippen LogP contribution in [0.25, 0.3) is 0 Å². The minimum Gasteiger partial charge on any atom is -0.437 e. The number of hydrogen-bond donors (Lipinski definition) is 1. The number of aromatic nitrogens is 1. The first-order chi connectivity index (χ1) is 9.25. The quantitative estimate of drug-likeness (QED) is 0.822. The number of nitrogens with two attached hydrogens (primary N) is 1. The summed E-state index contributed by atoms with van der Waals surface area (Å²) in [6, 6.07) is 6.18. The van der Waals surface area contributed by atoms with Crippen molar-refractivity contribution in [3.8, 4) is 11.6 Å². The second-order valence-corrected chi connectivity index (χ2v) is 5.12. The predicted octanol–water partition coefficient (Wildman–Crippen LogP) is 4.89. The Kier molecular flexibility index (Phi) is 4.10. The SMILES string of the molecule is Nc1cc(C(F)(F)F)cc(Oc2ccc(Br)cc2Cl)n1. The minimum atomic E-state index is -4.53. The van der Waals surface area contributed by atoms with Gasteiger partial charge >= 0.3 is 6.18 Å². The summed E-state index contributed by atoms with van der Waals surface area (Å²) in [4.78, 5) is 3.69. The summed E-state index contributed by atoms with van der Waals surface area (Å²) in [7, 11) is 0. The van der Waals surface area contributed by atoms with E-state index >= 15 is 0 Å². The van der Waals surface area contributed by atoms with Gasteiger partial charge in [0.05, 0.1) is 10.6 Å². The van der Waals surface area contributed by atoms with Crippen LogP contribution in [0.3, 0.4) is 0 Å². The van der Waals surface area contributed by atoms with Gasteiger partial charge in [0.2, 0.25) is 5.88 Å². The number of ether oxygens (including phenoxy) is 1. The molecule has 2 aromatic rings. The van der Waals surface area contributed by atoms with Crippen molar-refractivity contribution in [1.82, 2.24) is 4.98 Å². The van der Waals surface area contributed by atoms with Crippen LogP contribution in [0.4, 0.5) is 19.0 Å². The van der Waals surface area contributed by atoms with Crippen LogP contribution in [0.1, 0.15) is 5.56 Å². The molecule has 0 saturated carbocycles. The molecule has 2 N–H and O–H groups in total. The average Bonchev–Trinajstić information content (AvgIpc) is 2.31. The van der Waals surface area contributed by atoms with Gasteiger partial charge in [0.1, 0.15) is 11.6 Å². The lowest BCUT2D eigenvalue weighted by Crippen LogP contribution is -2.07. The maximum atomic E-state index is 12.6. The highest BCUT2D eigenvalue weighted by Crippen LogP contribution is 2.35. The smallest absolute Gasteiger partial charge is 0.416 e. The van der Waals surface area contributed by atoms with E-state index in [4.69, 9.17) is 22.1 Å². The molecule has 0 atom stereocenters. The predicted molar refractivity (Wildman–Crippen MR) is 72.9 cm³/mol. The molecule has 0 aliphatic carbocycles. The molecule has 0 unspecified atom stereocenters. The van der Waals surface area contributed by atoms with E-state index < -0.39 is 11.7 Å². The first kappa shape index (κ1) is 14.9. The third kappa shape index (κ3) is 3.55. The van der Waals surface area contributed by atoms with E-state index in [-0.39, 0.29) is 22.5 Å². The molecule has 2 rings (SSSR count). The molecule has 8 heteroatoms. The van der Waals surface area contributed by atoms with E-state index in [1.54, 1.807) is 12.1 Å². The molecule has 0 radical (unpaired) electrons. The van der Waals surface area contributed by atoms with Crippen molar-refractivity contribution in [2.24, 2.45) is 0 Å². The molecule has 3 nitrogen and oxygen atoms in total. The fourth-order valence-corrected chi connectivity index (χ4v) is 2.12. The van der Waals surface area contributed by atoms with E-state index in [0.717, 1.165) is 12.1 Å². The molecule has 0 aliphatic rings. The van der Waals surface area contributed by atoms with Crippen LogP contribution in [0, 0.1) is 0 Å². The monoisotopic (exact) mass is 366 g/mol. The number of pyridine rings is 1. The van der Waals surface area contributed by atoms with E-state index in [9.17, 15) is 13.2 Å². The van der Waals surface area contributed by atoms with Gasteiger partial charge in [-0.1, -0.05) is 27.5 Å². The Morgan fingerprint density at radius 1 is 1.20 bits per heavy atom. The Morgan fingerprint density at radius 2 is 1.90 bits per heavy atom. The lowest BCUT2D eigenvalue weighted by atomic mass is 10.2. The number of nitrogen functional groups attached to an aromatic ring is 1. The lowest BCUT2D eigenvalue weighted by Gasteiger charge is -2.11. The zero-order valence-electron chi connectivity index (χ0n) is 9.71. The number of anilines is 1. The molecule has 0 bridgehead atoms. The van der Waals surface area contributed by atoms with Crippen molar-refractivity contribution in [3.05, 3.63) is 45.4 Å². The van der Waals surface area contributed by atoms with Gasteiger partial charge in [-0.05, 0) is 24.3 Å². The minimum absolute atomic E-state index is 0.182. The molecular weight excluding hydrogens is 360 g/mol. The number of hydrogen-bond acceptors (Lipinski definition) is 3. The van der Waals surface area contributed by atoms with Crippen LogP contribution in [0.5, 0.6) is 11.6 Å². The van der Waals surface area contributed by atoms with Gasteiger partial charge in [-0.15, -0.1) is 0 Å². The molecule has 0 spiro atoms. The Bertz CT molecular complexity index is 649. The zero-order chi connectivity index (χ0) is 14.9. The molecule has 0 fully saturated rings. The van der Waals surface area contributed by atoms with Crippen LogP contribution < -0.4 is 10.5 Å². The van der Waals surface area contributed by atoms with Crippen molar-refractivity contribution >= 4 is 33.3 Å². The van der Waals surface area contributed by atoms with Crippen molar-refractivity contribution in [1.29, 1.82) is 0 Å². The second-order valence-electron chi connectivity index (χ2n) is 3.79. The summed E-state index contributed by atoms with van der Waals surface area (Å²) in [6.45, 7) is 0. The van der Waals surface area contributed by atoms with Crippen molar-refractivity contribution in [2.45, 2.75) is 6.18 Å². The summed E-state index contributed by atoms with van der Waals surface area (Å²) in [5, 5.41) is 0.233. The van der Waals surface area contributed by atoms with Crippen molar-refractivity contribution in [2.75, 3.05) is 5.73 Å². The van der Waals surface area contributed by atoms with Gasteiger partial charge in [-0.25, -0.2) is 0 Å². The topological polar surface area (TPSA) is 48.1 Å². The molecule has 0 aliphatic heterocycles. The van der Waals surface area contributed by atoms with E-state index in [2.05, 4.69) is 20.9 Å². The Balaban J connectivity index is 2.36. The van der Waals surface area contributed by atoms with Crippen LogP contribution >= 0.6 is 27.5 Å². The number of halogens is 5. The molecule has 1 aromatic heterocycles. The number of rotatable bonds is 2. The largest absolute Gasteiger partial charge is 0.437 e. The highest BCUT2D eigenvalue weighted by atomic mass is 79.9. The number of nitrogens with zero attached hydrogens (tertiary/aromatic N) is 1. The summed E-state index contributed by atoms with van der Waals surface area (Å²) in [5.41, 5.74) is 4.40. The first-order valence-electron chi connectivity index (χ1n) is 5.23. The first-order valence-corrected chi connectivity index (χ1v) is 6.40. The maximum absolute atomic E-state index is 12.6. The molecule has 0 saturated heterocycles. The van der Waals surface area contributed by atoms with Crippen LogP contribution in [0.2, 0.25) is 5.02 Å². The zero-order valence-corrected chi connectivity index (χ0v) is 12.1. The van der Waals surface area contributed by atoms with Gasteiger partial charge in [-0.3, -0.25) is 0 Å². The molecule has 1 heterocycles. The summed E-state index contributed by atoms with van der Waals surface area (Å²) < 4.78 is 43.9. The van der Waals surface area contributed by atoms with Gasteiger partial charge in [0.15, 0.2) is 0 Å². The molecule has 20 heavy (non-hydrogen) atoms. The van der Waals surface area contributed by atoms with Crippen LogP contribution in [0.15, 0.2) is 34.8 Å². The standard InChI is InChI=1S/C12H7BrClF3N2O/c13-7-1-2-9(8(14)5-7)20-11-4-6(12(15,16)17)3-10(18)19-11/h1-5H,(H2,18,19). The maximum Gasteiger partial charge on any atom is 0.416 e. The van der Waals surface area contributed by atoms with E-state index in [0.29, 0.717) is 4.47 Å². The van der Waals surface area contributed by atoms with E-state index in [1.165, 1.54) is 6.07 Å². The lowest BCUT2D eigenvalue weighted by molar-refractivity contribution is -0.137. The molecule has 106 valence electrons. The van der Waals surface area contributed by atoms with Crippen LogP contribution in [-0.2, 0) is 6.18 Å². The summed E-state index contributed by atoms with van der Waals surface area (Å²) in [6.07, 6.45) is -4.53. The van der Waals surface area contributed by atoms with Crippen LogP contribution in [-0.4, -0.2) is 4.98 Å². The van der Waals surface area contributed by atoms with Gasteiger partial charge < -0.3 is 10.5 Å². The third-order valence-electron chi connectivity index (χ3n) is 2.26. The summed E-state index contributed by atoms with van der Waals surface area (Å²) in [5.74, 6) is -0.384. The van der Waals surface area contributed by atoms with E-state index in [1.807, 2.05) is 0 Å². The van der Waals surface area contributed by atoms with Gasteiger partial charge in [0.25, 0.3) is 0 Å². The Hall–Kier alpha value is -1.47. The van der Waals surface area contributed by atoms with Gasteiger partial charge in [0, 0.05) is 10.5 Å². The van der Waals surface area contributed by atoms with Crippen molar-refractivity contribution < 1.29 is 17.9 Å². The number of benzene rings is 1. The molecule has 1 aromatic carbocycles. The highest BCUT2D eigenvalue weighted by Gasteiger charge is 2.31. The molecule has 0 amide bonds. The average molecular weight is 368 g/mol. The highest BCUT2D eigenvalue weighted by molar-refractivity contribution is 9.10. The Morgan fingerprint density at radius 3 is 2.50 bits per heavy atom. The Labute approximate surface area is 125 Å². The fourth-order valence-electron chi connectivity index (χ4n) is 1.41. The van der Waals surface area contributed by atoms with Crippen molar-refractivity contribution in [3.63, 3.8) is 0 Å². The number of alkyl halides is 3. The molecular formula is C12H7BrClF3N2O. The normalized spacial score (nSPS) is 11.4.